The molecule has 0 bridgehead atoms. The summed E-state index contributed by atoms with van der Waals surface area (Å²) in [5.74, 6) is 0.0228. The second-order valence-corrected chi connectivity index (χ2v) is 2.94. The van der Waals surface area contributed by atoms with E-state index in [9.17, 15) is 5.11 Å². The number of hydrogen-bond acceptors (Lipinski definition) is 4. The molecule has 0 aliphatic rings. The first-order chi connectivity index (χ1) is 6.68. The first kappa shape index (κ1) is 8.55. The van der Waals surface area contributed by atoms with Gasteiger partial charge in [0, 0.05) is 11.6 Å². The van der Waals surface area contributed by atoms with E-state index in [1.54, 1.807) is 19.2 Å². The first-order valence-corrected chi connectivity index (χ1v) is 4.07. The highest BCUT2D eigenvalue weighted by Gasteiger charge is 2.07. The zero-order valence-corrected chi connectivity index (χ0v) is 7.55. The molecule has 0 aromatic carbocycles. The monoisotopic (exact) mass is 191 g/mol. The van der Waals surface area contributed by atoms with Crippen LogP contribution >= 0.6 is 0 Å². The van der Waals surface area contributed by atoms with Crippen molar-refractivity contribution < 1.29 is 10.2 Å². The number of hydrogen-bond donors (Lipinski definition) is 2. The van der Waals surface area contributed by atoms with Gasteiger partial charge in [0.15, 0.2) is 0 Å². The molecule has 0 spiro atoms. The molecule has 5 nitrogen and oxygen atoms in total. The SMILES string of the molecule is Cc1cnn(-c2ccc(O)nc2)c1O. The van der Waals surface area contributed by atoms with Gasteiger partial charge in [-0.25, -0.2) is 4.98 Å². The van der Waals surface area contributed by atoms with E-state index < -0.39 is 0 Å². The average molecular weight is 191 g/mol. The van der Waals surface area contributed by atoms with E-state index in [0.29, 0.717) is 11.3 Å². The number of pyridine rings is 1. The zero-order valence-electron chi connectivity index (χ0n) is 7.55. The Hall–Kier alpha value is -2.04. The van der Waals surface area contributed by atoms with Crippen LogP contribution < -0.4 is 0 Å². The van der Waals surface area contributed by atoms with Gasteiger partial charge in [0.2, 0.25) is 11.8 Å². The summed E-state index contributed by atoms with van der Waals surface area (Å²) < 4.78 is 1.35. The largest absolute Gasteiger partial charge is 0.493 e. The fourth-order valence-corrected chi connectivity index (χ4v) is 1.12. The summed E-state index contributed by atoms with van der Waals surface area (Å²) in [5.41, 5.74) is 1.30. The first-order valence-electron chi connectivity index (χ1n) is 4.07. The quantitative estimate of drug-likeness (QED) is 0.705. The summed E-state index contributed by atoms with van der Waals surface area (Å²) in [4.78, 5) is 3.69. The van der Waals surface area contributed by atoms with Crippen LogP contribution in [0.1, 0.15) is 5.56 Å². The zero-order chi connectivity index (χ0) is 10.1. The normalized spacial score (nSPS) is 10.4. The highest BCUT2D eigenvalue weighted by Crippen LogP contribution is 2.19. The van der Waals surface area contributed by atoms with Crippen molar-refractivity contribution in [2.24, 2.45) is 0 Å². The van der Waals surface area contributed by atoms with Gasteiger partial charge in [-0.2, -0.15) is 9.78 Å². The summed E-state index contributed by atoms with van der Waals surface area (Å²) in [6.07, 6.45) is 2.99. The molecule has 0 saturated carbocycles. The Bertz CT molecular complexity index is 448. The van der Waals surface area contributed by atoms with E-state index in [0.717, 1.165) is 0 Å². The lowest BCUT2D eigenvalue weighted by atomic mass is 10.4. The van der Waals surface area contributed by atoms with Crippen molar-refractivity contribution in [3.8, 4) is 17.4 Å². The Balaban J connectivity index is 2.49. The highest BCUT2D eigenvalue weighted by molar-refractivity contribution is 5.36. The van der Waals surface area contributed by atoms with Crippen LogP contribution in [0.3, 0.4) is 0 Å². The minimum absolute atomic E-state index is 0.0582. The van der Waals surface area contributed by atoms with Crippen LogP contribution in [0, 0.1) is 6.92 Å². The van der Waals surface area contributed by atoms with Crippen molar-refractivity contribution in [2.45, 2.75) is 6.92 Å². The fourth-order valence-electron chi connectivity index (χ4n) is 1.12. The van der Waals surface area contributed by atoms with Gasteiger partial charge in [-0.05, 0) is 13.0 Å². The van der Waals surface area contributed by atoms with Crippen LogP contribution in [0.15, 0.2) is 24.5 Å². The number of aromatic nitrogens is 3. The molecular formula is C9H9N3O2. The maximum atomic E-state index is 9.57. The van der Waals surface area contributed by atoms with Gasteiger partial charge >= 0.3 is 0 Å². The van der Waals surface area contributed by atoms with E-state index in [1.165, 1.54) is 16.9 Å². The molecule has 2 N–H and O–H groups in total. The molecule has 0 atom stereocenters. The van der Waals surface area contributed by atoms with Gasteiger partial charge < -0.3 is 10.2 Å². The maximum Gasteiger partial charge on any atom is 0.217 e. The smallest absolute Gasteiger partial charge is 0.217 e. The predicted octanol–water partition coefficient (Wildman–Crippen LogP) is 0.987. The van der Waals surface area contributed by atoms with Crippen LogP contribution in [-0.2, 0) is 0 Å². The minimum atomic E-state index is -0.0582. The van der Waals surface area contributed by atoms with E-state index >= 15 is 0 Å². The van der Waals surface area contributed by atoms with Gasteiger partial charge in [-0.1, -0.05) is 0 Å². The van der Waals surface area contributed by atoms with Crippen molar-refractivity contribution in [3.05, 3.63) is 30.1 Å². The molecule has 5 heteroatoms. The third-order valence-electron chi connectivity index (χ3n) is 1.90. The molecular weight excluding hydrogens is 182 g/mol. The Morgan fingerprint density at radius 2 is 2.00 bits per heavy atom. The molecule has 0 radical (unpaired) electrons. The van der Waals surface area contributed by atoms with E-state index in [2.05, 4.69) is 10.1 Å². The summed E-state index contributed by atoms with van der Waals surface area (Å²) in [6, 6.07) is 3.06. The molecule has 2 rings (SSSR count). The Morgan fingerprint density at radius 1 is 1.21 bits per heavy atom. The van der Waals surface area contributed by atoms with Gasteiger partial charge in [0.05, 0.1) is 18.1 Å². The van der Waals surface area contributed by atoms with Crippen LogP contribution in [0.25, 0.3) is 5.69 Å². The summed E-state index contributed by atoms with van der Waals surface area (Å²) in [5, 5.41) is 22.5. The Kier molecular flexibility index (Phi) is 1.85. The van der Waals surface area contributed by atoms with E-state index in [1.807, 2.05) is 0 Å². The number of nitrogens with zero attached hydrogens (tertiary/aromatic N) is 3. The molecule has 0 aliphatic carbocycles. The lowest BCUT2D eigenvalue weighted by molar-refractivity contribution is 0.428. The van der Waals surface area contributed by atoms with Crippen LogP contribution in [-0.4, -0.2) is 25.0 Å². The number of rotatable bonds is 1. The fraction of sp³-hybridized carbons (Fsp3) is 0.111. The summed E-state index contributed by atoms with van der Waals surface area (Å²) >= 11 is 0. The molecule has 0 aliphatic heterocycles. The van der Waals surface area contributed by atoms with Crippen molar-refractivity contribution in [1.29, 1.82) is 0 Å². The molecule has 0 saturated heterocycles. The average Bonchev–Trinajstić information content (AvgIpc) is 2.50. The molecule has 0 amide bonds. The van der Waals surface area contributed by atoms with E-state index in [4.69, 9.17) is 5.11 Å². The lowest BCUT2D eigenvalue weighted by Gasteiger charge is -2.02. The van der Waals surface area contributed by atoms with E-state index in [-0.39, 0.29) is 11.8 Å². The van der Waals surface area contributed by atoms with Crippen LogP contribution in [0.4, 0.5) is 0 Å². The Labute approximate surface area is 80.3 Å². The summed E-state index contributed by atoms with van der Waals surface area (Å²) in [6.45, 7) is 1.76. The summed E-state index contributed by atoms with van der Waals surface area (Å²) in [7, 11) is 0. The van der Waals surface area contributed by atoms with Gasteiger partial charge in [0.25, 0.3) is 0 Å². The van der Waals surface area contributed by atoms with Crippen molar-refractivity contribution >= 4 is 0 Å². The maximum absolute atomic E-state index is 9.57. The molecule has 2 heterocycles. The second-order valence-electron chi connectivity index (χ2n) is 2.94. The topological polar surface area (TPSA) is 71.2 Å². The van der Waals surface area contributed by atoms with Crippen LogP contribution in [0.2, 0.25) is 0 Å². The lowest BCUT2D eigenvalue weighted by Crippen LogP contribution is -1.95. The predicted molar refractivity (Wildman–Crippen MR) is 49.4 cm³/mol. The molecule has 0 unspecified atom stereocenters. The Morgan fingerprint density at radius 3 is 2.50 bits per heavy atom. The van der Waals surface area contributed by atoms with Gasteiger partial charge in [-0.15, -0.1) is 0 Å². The number of aromatic hydroxyl groups is 2. The second kappa shape index (κ2) is 3.02. The molecule has 2 aromatic rings. The van der Waals surface area contributed by atoms with Crippen molar-refractivity contribution in [1.82, 2.24) is 14.8 Å². The number of aryl methyl sites for hydroxylation is 1. The molecule has 72 valence electrons. The van der Waals surface area contributed by atoms with Gasteiger partial charge in [0.1, 0.15) is 0 Å². The van der Waals surface area contributed by atoms with Crippen molar-refractivity contribution in [2.75, 3.05) is 0 Å². The minimum Gasteiger partial charge on any atom is -0.493 e. The van der Waals surface area contributed by atoms with Crippen molar-refractivity contribution in [3.63, 3.8) is 0 Å². The standard InChI is InChI=1S/C9H9N3O2/c1-6-4-11-12(9(6)14)7-2-3-8(13)10-5-7/h2-5,14H,1H3,(H,10,13). The molecule has 2 aromatic heterocycles. The highest BCUT2D eigenvalue weighted by atomic mass is 16.3. The van der Waals surface area contributed by atoms with Crippen LogP contribution in [0.5, 0.6) is 11.8 Å². The molecule has 14 heavy (non-hydrogen) atoms. The van der Waals surface area contributed by atoms with Gasteiger partial charge in [-0.3, -0.25) is 0 Å². The third-order valence-corrected chi connectivity index (χ3v) is 1.90. The molecule has 0 fully saturated rings. The third kappa shape index (κ3) is 1.28.